The number of urea groups is 1. The van der Waals surface area contributed by atoms with Crippen LogP contribution in [0.25, 0.3) is 0 Å². The molecule has 0 saturated carbocycles. The first kappa shape index (κ1) is 19.2. The van der Waals surface area contributed by atoms with E-state index in [4.69, 9.17) is 9.47 Å². The van der Waals surface area contributed by atoms with Crippen molar-refractivity contribution in [3.8, 4) is 5.75 Å². The van der Waals surface area contributed by atoms with Crippen LogP contribution in [0.1, 0.15) is 12.5 Å². The second-order valence-corrected chi connectivity index (χ2v) is 7.04. The summed E-state index contributed by atoms with van der Waals surface area (Å²) in [4.78, 5) is 28.7. The molecule has 2 aromatic rings. The third-order valence-corrected chi connectivity index (χ3v) is 4.88. The van der Waals surface area contributed by atoms with Gasteiger partial charge in [-0.25, -0.2) is 9.59 Å². The van der Waals surface area contributed by atoms with Gasteiger partial charge in [0.25, 0.3) is 0 Å². The standard InChI is InChI=1S/C20H21BrN2O4/c1-3-27-19(24)18-13-22(12-14-5-4-6-17(11-14)26-2)20(25)23(18)16-9-7-15(21)8-10-16/h4-11,18H,3,12-13H2,1-2H3. The van der Waals surface area contributed by atoms with Gasteiger partial charge in [-0.05, 0) is 48.9 Å². The van der Waals surface area contributed by atoms with Crippen molar-refractivity contribution in [2.75, 3.05) is 25.2 Å². The third-order valence-electron chi connectivity index (χ3n) is 4.35. The number of anilines is 1. The molecule has 1 atom stereocenters. The summed E-state index contributed by atoms with van der Waals surface area (Å²) in [5.41, 5.74) is 1.59. The molecule has 0 bridgehead atoms. The predicted molar refractivity (Wildman–Crippen MR) is 106 cm³/mol. The van der Waals surface area contributed by atoms with E-state index >= 15 is 0 Å². The summed E-state index contributed by atoms with van der Waals surface area (Å²) >= 11 is 3.39. The van der Waals surface area contributed by atoms with E-state index in [1.807, 2.05) is 48.5 Å². The zero-order chi connectivity index (χ0) is 19.4. The lowest BCUT2D eigenvalue weighted by Gasteiger charge is -2.22. The number of carbonyl (C=O) groups is 2. The highest BCUT2D eigenvalue weighted by Gasteiger charge is 2.43. The maximum atomic E-state index is 13.1. The van der Waals surface area contributed by atoms with Crippen molar-refractivity contribution < 1.29 is 19.1 Å². The molecule has 0 aliphatic carbocycles. The molecule has 27 heavy (non-hydrogen) atoms. The smallest absolute Gasteiger partial charge is 0.331 e. The Kier molecular flexibility index (Phi) is 6.01. The highest BCUT2D eigenvalue weighted by atomic mass is 79.9. The maximum absolute atomic E-state index is 13.1. The van der Waals surface area contributed by atoms with Gasteiger partial charge in [0.1, 0.15) is 5.75 Å². The zero-order valence-corrected chi connectivity index (χ0v) is 16.8. The molecule has 0 N–H and O–H groups in total. The number of benzene rings is 2. The summed E-state index contributed by atoms with van der Waals surface area (Å²) in [7, 11) is 1.60. The number of halogens is 1. The van der Waals surface area contributed by atoms with E-state index in [0.717, 1.165) is 15.8 Å². The first-order valence-corrected chi connectivity index (χ1v) is 9.46. The van der Waals surface area contributed by atoms with Gasteiger partial charge in [-0.2, -0.15) is 0 Å². The number of rotatable bonds is 6. The minimum Gasteiger partial charge on any atom is -0.497 e. The van der Waals surface area contributed by atoms with E-state index in [9.17, 15) is 9.59 Å². The summed E-state index contributed by atoms with van der Waals surface area (Å²) in [6, 6.07) is 13.9. The predicted octanol–water partition coefficient (Wildman–Crippen LogP) is 3.83. The van der Waals surface area contributed by atoms with Crippen molar-refractivity contribution >= 4 is 33.6 Å². The Morgan fingerprint density at radius 1 is 1.22 bits per heavy atom. The summed E-state index contributed by atoms with van der Waals surface area (Å²) in [6.45, 7) is 2.68. The average molecular weight is 433 g/mol. The molecule has 0 aromatic heterocycles. The van der Waals surface area contributed by atoms with Crippen LogP contribution < -0.4 is 9.64 Å². The highest BCUT2D eigenvalue weighted by molar-refractivity contribution is 9.10. The van der Waals surface area contributed by atoms with Crippen molar-refractivity contribution in [3.63, 3.8) is 0 Å². The maximum Gasteiger partial charge on any atom is 0.331 e. The van der Waals surface area contributed by atoms with Gasteiger partial charge >= 0.3 is 12.0 Å². The molecule has 3 rings (SSSR count). The lowest BCUT2D eigenvalue weighted by Crippen LogP contribution is -2.40. The van der Waals surface area contributed by atoms with Crippen LogP contribution in [0.2, 0.25) is 0 Å². The average Bonchev–Trinajstić information content (AvgIpc) is 2.99. The fourth-order valence-electron chi connectivity index (χ4n) is 3.09. The van der Waals surface area contributed by atoms with Gasteiger partial charge in [0.2, 0.25) is 0 Å². The molecule has 6 nitrogen and oxygen atoms in total. The molecule has 2 amide bonds. The first-order chi connectivity index (χ1) is 13.0. The number of nitrogens with zero attached hydrogens (tertiary/aromatic N) is 2. The van der Waals surface area contributed by atoms with Crippen LogP contribution in [-0.4, -0.2) is 43.2 Å². The quantitative estimate of drug-likeness (QED) is 0.650. The number of carbonyl (C=O) groups excluding carboxylic acids is 2. The van der Waals surface area contributed by atoms with E-state index in [0.29, 0.717) is 12.2 Å². The molecule has 1 saturated heterocycles. The van der Waals surface area contributed by atoms with Crippen molar-refractivity contribution in [3.05, 3.63) is 58.6 Å². The third kappa shape index (κ3) is 4.24. The number of amides is 2. The molecule has 0 radical (unpaired) electrons. The van der Waals surface area contributed by atoms with Gasteiger partial charge in [0.05, 0.1) is 20.3 Å². The van der Waals surface area contributed by atoms with Crippen molar-refractivity contribution in [1.29, 1.82) is 0 Å². The lowest BCUT2D eigenvalue weighted by molar-refractivity contribution is -0.144. The Balaban J connectivity index is 1.87. The molecule has 1 fully saturated rings. The van der Waals surface area contributed by atoms with Gasteiger partial charge < -0.3 is 14.4 Å². The summed E-state index contributed by atoms with van der Waals surface area (Å²) in [5.74, 6) is 0.327. The Hall–Kier alpha value is -2.54. The molecule has 1 unspecified atom stereocenters. The minimum atomic E-state index is -0.677. The van der Waals surface area contributed by atoms with Crippen LogP contribution in [0.3, 0.4) is 0 Å². The SMILES string of the molecule is CCOC(=O)C1CN(Cc2cccc(OC)c2)C(=O)N1c1ccc(Br)cc1. The zero-order valence-electron chi connectivity index (χ0n) is 15.2. The van der Waals surface area contributed by atoms with E-state index in [1.165, 1.54) is 4.90 Å². The van der Waals surface area contributed by atoms with E-state index < -0.39 is 12.0 Å². The first-order valence-electron chi connectivity index (χ1n) is 8.66. The molecule has 1 aliphatic rings. The minimum absolute atomic E-state index is 0.224. The molecular formula is C20H21BrN2O4. The van der Waals surface area contributed by atoms with Crippen LogP contribution in [0.5, 0.6) is 5.75 Å². The van der Waals surface area contributed by atoms with Gasteiger partial charge in [0.15, 0.2) is 6.04 Å². The molecule has 142 valence electrons. The van der Waals surface area contributed by atoms with Crippen LogP contribution in [0.4, 0.5) is 10.5 Å². The van der Waals surface area contributed by atoms with Crippen molar-refractivity contribution in [2.45, 2.75) is 19.5 Å². The normalized spacial score (nSPS) is 16.6. The Bertz CT molecular complexity index is 825. The molecule has 2 aromatic carbocycles. The summed E-state index contributed by atoms with van der Waals surface area (Å²) in [6.07, 6.45) is 0. The lowest BCUT2D eigenvalue weighted by atomic mass is 10.2. The molecular weight excluding hydrogens is 412 g/mol. The number of hydrogen-bond acceptors (Lipinski definition) is 4. The van der Waals surface area contributed by atoms with E-state index in [1.54, 1.807) is 18.9 Å². The number of methoxy groups -OCH3 is 1. The second kappa shape index (κ2) is 8.43. The topological polar surface area (TPSA) is 59.1 Å². The van der Waals surface area contributed by atoms with Crippen LogP contribution in [-0.2, 0) is 16.1 Å². The van der Waals surface area contributed by atoms with Gasteiger partial charge in [-0.3, -0.25) is 4.90 Å². The Labute approximate surface area is 166 Å². The van der Waals surface area contributed by atoms with Crippen LogP contribution >= 0.6 is 15.9 Å². The number of hydrogen-bond donors (Lipinski definition) is 0. The monoisotopic (exact) mass is 432 g/mol. The summed E-state index contributed by atoms with van der Waals surface area (Å²) in [5, 5.41) is 0. The number of esters is 1. The molecule has 1 aliphatic heterocycles. The Morgan fingerprint density at radius 3 is 2.63 bits per heavy atom. The summed E-state index contributed by atoms with van der Waals surface area (Å²) < 4.78 is 11.3. The van der Waals surface area contributed by atoms with Gasteiger partial charge in [-0.1, -0.05) is 28.1 Å². The Morgan fingerprint density at radius 2 is 1.96 bits per heavy atom. The van der Waals surface area contributed by atoms with E-state index in [-0.39, 0.29) is 19.2 Å². The largest absolute Gasteiger partial charge is 0.497 e. The van der Waals surface area contributed by atoms with Crippen LogP contribution in [0, 0.1) is 0 Å². The van der Waals surface area contributed by atoms with E-state index in [2.05, 4.69) is 15.9 Å². The second-order valence-electron chi connectivity index (χ2n) is 6.13. The molecule has 0 spiro atoms. The van der Waals surface area contributed by atoms with Crippen molar-refractivity contribution in [1.82, 2.24) is 4.90 Å². The van der Waals surface area contributed by atoms with Crippen molar-refractivity contribution in [2.24, 2.45) is 0 Å². The van der Waals surface area contributed by atoms with Gasteiger partial charge in [-0.15, -0.1) is 0 Å². The van der Waals surface area contributed by atoms with Gasteiger partial charge in [0, 0.05) is 16.7 Å². The molecule has 7 heteroatoms. The highest BCUT2D eigenvalue weighted by Crippen LogP contribution is 2.28. The fraction of sp³-hybridized carbons (Fsp3) is 0.300. The molecule has 1 heterocycles. The number of ether oxygens (including phenoxy) is 2. The fourth-order valence-corrected chi connectivity index (χ4v) is 3.35. The van der Waals surface area contributed by atoms with Crippen LogP contribution in [0.15, 0.2) is 53.0 Å².